The maximum Gasteiger partial charge on any atom is 0.309 e. The second kappa shape index (κ2) is 6.08. The van der Waals surface area contributed by atoms with Crippen LogP contribution in [0.2, 0.25) is 0 Å². The predicted octanol–water partition coefficient (Wildman–Crippen LogP) is 2.42. The third-order valence-electron chi connectivity index (χ3n) is 3.61. The van der Waals surface area contributed by atoms with Gasteiger partial charge in [-0.05, 0) is 38.3 Å². The zero-order valence-corrected chi connectivity index (χ0v) is 12.4. The van der Waals surface area contributed by atoms with Crippen molar-refractivity contribution in [1.29, 1.82) is 0 Å². The fourth-order valence-electron chi connectivity index (χ4n) is 2.03. The van der Waals surface area contributed by atoms with Crippen molar-refractivity contribution in [2.75, 3.05) is 5.32 Å². The van der Waals surface area contributed by atoms with Crippen molar-refractivity contribution in [1.82, 2.24) is 0 Å². The molecule has 1 aliphatic carbocycles. The first-order chi connectivity index (χ1) is 9.88. The lowest BCUT2D eigenvalue weighted by Crippen LogP contribution is -2.30. The fourth-order valence-corrected chi connectivity index (χ4v) is 2.03. The van der Waals surface area contributed by atoms with E-state index < -0.39 is 12.0 Å². The Morgan fingerprint density at radius 3 is 2.57 bits per heavy atom. The van der Waals surface area contributed by atoms with Crippen LogP contribution in [-0.2, 0) is 14.3 Å². The Hall–Kier alpha value is -2.17. The molecule has 21 heavy (non-hydrogen) atoms. The molecule has 2 rings (SSSR count). The normalized spacial score (nSPS) is 21.3. The molecule has 3 atom stereocenters. The van der Waals surface area contributed by atoms with Crippen LogP contribution in [0.3, 0.4) is 0 Å². The minimum Gasteiger partial charge on any atom is -0.452 e. The maximum atomic E-state index is 12.0. The highest BCUT2D eigenvalue weighted by Gasteiger charge is 2.41. The van der Waals surface area contributed by atoms with Crippen LogP contribution in [0.5, 0.6) is 0 Å². The molecule has 0 aliphatic heterocycles. The van der Waals surface area contributed by atoms with Gasteiger partial charge in [0.25, 0.3) is 5.91 Å². The third-order valence-corrected chi connectivity index (χ3v) is 3.61. The number of esters is 1. The zero-order valence-electron chi connectivity index (χ0n) is 12.4. The topological polar surface area (TPSA) is 72.5 Å². The number of anilines is 1. The molecule has 0 bridgehead atoms. The minimum atomic E-state index is -0.855. The number of ether oxygens (including phenoxy) is 1. The van der Waals surface area contributed by atoms with E-state index in [1.54, 1.807) is 24.3 Å². The van der Waals surface area contributed by atoms with Crippen molar-refractivity contribution in [2.45, 2.75) is 33.3 Å². The predicted molar refractivity (Wildman–Crippen MR) is 77.9 cm³/mol. The first-order valence-electron chi connectivity index (χ1n) is 7.01. The zero-order chi connectivity index (χ0) is 15.6. The van der Waals surface area contributed by atoms with Crippen LogP contribution < -0.4 is 5.32 Å². The van der Waals surface area contributed by atoms with E-state index in [1.165, 1.54) is 13.8 Å². The van der Waals surface area contributed by atoms with Crippen LogP contribution in [0.25, 0.3) is 0 Å². The minimum absolute atomic E-state index is 0.0682. The Morgan fingerprint density at radius 1 is 1.33 bits per heavy atom. The Labute approximate surface area is 123 Å². The highest BCUT2D eigenvalue weighted by atomic mass is 16.5. The molecule has 0 aromatic heterocycles. The largest absolute Gasteiger partial charge is 0.452 e. The molecule has 5 nitrogen and oxygen atoms in total. The summed E-state index contributed by atoms with van der Waals surface area (Å²) in [5.41, 5.74) is 1.03. The summed E-state index contributed by atoms with van der Waals surface area (Å²) in [5.74, 6) is -0.519. The van der Waals surface area contributed by atoms with E-state index >= 15 is 0 Å². The molecule has 0 spiro atoms. The van der Waals surface area contributed by atoms with Gasteiger partial charge in [0.05, 0.1) is 5.92 Å². The van der Waals surface area contributed by atoms with Crippen LogP contribution in [0, 0.1) is 11.8 Å². The van der Waals surface area contributed by atoms with Gasteiger partial charge in [-0.25, -0.2) is 0 Å². The fraction of sp³-hybridized carbons (Fsp3) is 0.438. The molecule has 0 radical (unpaired) electrons. The highest BCUT2D eigenvalue weighted by Crippen LogP contribution is 2.38. The van der Waals surface area contributed by atoms with Crippen molar-refractivity contribution in [3.05, 3.63) is 29.8 Å². The van der Waals surface area contributed by atoms with Crippen molar-refractivity contribution in [3.8, 4) is 0 Å². The SMILES string of the molecule is CC(=O)c1cccc(NC(=O)[C@H](C)OC(=O)[C@@H]2C[C@H]2C)c1. The standard InChI is InChI=1S/C16H19NO4/c1-9-7-14(9)16(20)21-11(3)15(19)17-13-6-4-5-12(8-13)10(2)18/h4-6,8-9,11,14H,7H2,1-3H3,(H,17,19)/t9-,11+,14-/m1/s1. The molecule has 1 aliphatic rings. The molecular formula is C16H19NO4. The number of hydrogen-bond donors (Lipinski definition) is 1. The summed E-state index contributed by atoms with van der Waals surface area (Å²) in [7, 11) is 0. The molecule has 1 N–H and O–H groups in total. The Morgan fingerprint density at radius 2 is 2.00 bits per heavy atom. The lowest BCUT2D eigenvalue weighted by atomic mass is 10.1. The smallest absolute Gasteiger partial charge is 0.309 e. The number of amides is 1. The number of carbonyl (C=O) groups excluding carboxylic acids is 3. The number of hydrogen-bond acceptors (Lipinski definition) is 4. The number of Topliss-reactive ketones (excluding diaryl/α,β-unsaturated/α-hetero) is 1. The summed E-state index contributed by atoms with van der Waals surface area (Å²) >= 11 is 0. The molecule has 0 unspecified atom stereocenters. The van der Waals surface area contributed by atoms with Crippen molar-refractivity contribution >= 4 is 23.3 Å². The van der Waals surface area contributed by atoms with E-state index in [2.05, 4.69) is 5.32 Å². The first kappa shape index (κ1) is 15.2. The molecule has 1 fully saturated rings. The first-order valence-corrected chi connectivity index (χ1v) is 7.01. The van der Waals surface area contributed by atoms with Crippen molar-refractivity contribution in [3.63, 3.8) is 0 Å². The van der Waals surface area contributed by atoms with Crippen LogP contribution in [0.15, 0.2) is 24.3 Å². The van der Waals surface area contributed by atoms with Crippen LogP contribution in [0.1, 0.15) is 37.6 Å². The van der Waals surface area contributed by atoms with Gasteiger partial charge in [0.1, 0.15) is 0 Å². The van der Waals surface area contributed by atoms with Crippen LogP contribution in [-0.4, -0.2) is 23.8 Å². The molecule has 1 aromatic carbocycles. The van der Waals surface area contributed by atoms with Gasteiger partial charge in [0, 0.05) is 11.3 Å². The van der Waals surface area contributed by atoms with E-state index in [-0.39, 0.29) is 17.7 Å². The van der Waals surface area contributed by atoms with Gasteiger partial charge in [-0.2, -0.15) is 0 Å². The number of carbonyl (C=O) groups is 3. The molecule has 1 amide bonds. The van der Waals surface area contributed by atoms with E-state index in [0.29, 0.717) is 17.2 Å². The second-order valence-corrected chi connectivity index (χ2v) is 5.52. The molecule has 1 aromatic rings. The lowest BCUT2D eigenvalue weighted by molar-refractivity contribution is -0.154. The molecular weight excluding hydrogens is 270 g/mol. The van der Waals surface area contributed by atoms with Gasteiger partial charge >= 0.3 is 5.97 Å². The van der Waals surface area contributed by atoms with Gasteiger partial charge in [0.15, 0.2) is 11.9 Å². The summed E-state index contributed by atoms with van der Waals surface area (Å²) in [6.07, 6.45) is -0.0281. The quantitative estimate of drug-likeness (QED) is 0.667. The molecule has 1 saturated carbocycles. The summed E-state index contributed by atoms with van der Waals surface area (Å²) in [4.78, 5) is 35.0. The lowest BCUT2D eigenvalue weighted by Gasteiger charge is -2.13. The van der Waals surface area contributed by atoms with Gasteiger partial charge in [-0.1, -0.05) is 19.1 Å². The maximum absolute atomic E-state index is 12.0. The average Bonchev–Trinajstić information content (AvgIpc) is 3.16. The third kappa shape index (κ3) is 3.90. The van der Waals surface area contributed by atoms with Gasteiger partial charge in [-0.3, -0.25) is 14.4 Å². The van der Waals surface area contributed by atoms with Crippen LogP contribution in [0.4, 0.5) is 5.69 Å². The van der Waals surface area contributed by atoms with Gasteiger partial charge in [0.2, 0.25) is 0 Å². The summed E-state index contributed by atoms with van der Waals surface area (Å²) in [6, 6.07) is 6.64. The summed E-state index contributed by atoms with van der Waals surface area (Å²) in [6.45, 7) is 4.97. The number of nitrogens with one attached hydrogen (secondary N) is 1. The molecule has 0 heterocycles. The molecule has 5 heteroatoms. The summed E-state index contributed by atoms with van der Waals surface area (Å²) < 4.78 is 5.14. The number of rotatable bonds is 5. The number of ketones is 1. The van der Waals surface area contributed by atoms with Gasteiger partial charge in [-0.15, -0.1) is 0 Å². The summed E-state index contributed by atoms with van der Waals surface area (Å²) in [5, 5.41) is 2.64. The van der Waals surface area contributed by atoms with Crippen LogP contribution >= 0.6 is 0 Å². The van der Waals surface area contributed by atoms with Crippen molar-refractivity contribution in [2.24, 2.45) is 11.8 Å². The second-order valence-electron chi connectivity index (χ2n) is 5.52. The van der Waals surface area contributed by atoms with E-state index in [9.17, 15) is 14.4 Å². The number of benzene rings is 1. The van der Waals surface area contributed by atoms with Gasteiger partial charge < -0.3 is 10.1 Å². The Bertz CT molecular complexity index is 581. The monoisotopic (exact) mass is 289 g/mol. The van der Waals surface area contributed by atoms with Crippen molar-refractivity contribution < 1.29 is 19.1 Å². The van der Waals surface area contributed by atoms with E-state index in [0.717, 1.165) is 6.42 Å². The molecule has 0 saturated heterocycles. The average molecular weight is 289 g/mol. The molecule has 112 valence electrons. The Balaban J connectivity index is 1.92. The van der Waals surface area contributed by atoms with E-state index in [1.807, 2.05) is 6.92 Å². The van der Waals surface area contributed by atoms with E-state index in [4.69, 9.17) is 4.74 Å². The Kier molecular flexibility index (Phi) is 4.40. The highest BCUT2D eigenvalue weighted by molar-refractivity contribution is 5.98.